The summed E-state index contributed by atoms with van der Waals surface area (Å²) in [7, 11) is 0. The van der Waals surface area contributed by atoms with Crippen LogP contribution in [0.5, 0.6) is 0 Å². The maximum Gasteiger partial charge on any atom is 0.408 e. The standard InChI is InChI=1S/C35H34ClF7N10O3.C4H6O4/c1-32(2,35(41,42)43)16-34(20-6-3-18(4-7-20)24-14-46-53(49-24)21-8-9-21)28(54)51(30(44)48-34)25(15-50(31(55)56)33(11-12-33)27(37)38)19-5-10-23(36)22(13-19)26-45-17-47-52(26)29(39)40;5-3(6)1-2-4(7)8/h3-7,10,13-14,17,21,25,27,29H,8-9,11-12,15-16H2,1-2H3,(H2,44,48)(H,55,56);1-2H2,(H,5,6)(H,7,8)/t25-,34-;/m1./s1. The monoisotopic (exact) mass is 928 g/mol. The minimum Gasteiger partial charge on any atom is -0.481 e. The highest BCUT2D eigenvalue weighted by molar-refractivity contribution is 6.33. The molecular weight excluding hydrogens is 889 g/mol. The van der Waals surface area contributed by atoms with Gasteiger partial charge in [0, 0.05) is 17.7 Å². The van der Waals surface area contributed by atoms with Gasteiger partial charge >= 0.3 is 30.8 Å². The first-order chi connectivity index (χ1) is 29.9. The number of nitrogens with zero attached hydrogens (tertiary/aromatic N) is 8. The van der Waals surface area contributed by atoms with Crippen molar-refractivity contribution in [2.75, 3.05) is 6.54 Å². The molecule has 25 heteroatoms. The molecule has 5 N–H and O–H groups in total. The molecule has 1 saturated heterocycles. The molecule has 0 unspecified atom stereocenters. The maximum atomic E-state index is 15.0. The first kappa shape index (κ1) is 47.2. The molecule has 3 aliphatic rings. The summed E-state index contributed by atoms with van der Waals surface area (Å²) in [6, 6.07) is 8.03. The highest BCUT2D eigenvalue weighted by Crippen LogP contribution is 2.51. The van der Waals surface area contributed by atoms with Crippen LogP contribution in [0.3, 0.4) is 0 Å². The number of guanidine groups is 1. The number of nitrogens with one attached hydrogen (secondary N) is 2. The zero-order valence-corrected chi connectivity index (χ0v) is 34.5. The highest BCUT2D eigenvalue weighted by Gasteiger charge is 2.62. The Labute approximate surface area is 363 Å². The lowest BCUT2D eigenvalue weighted by Gasteiger charge is -2.38. The Morgan fingerprint density at radius 2 is 1.61 bits per heavy atom. The van der Waals surface area contributed by atoms with Crippen LogP contribution in [0.25, 0.3) is 22.6 Å². The molecule has 3 fully saturated rings. The highest BCUT2D eigenvalue weighted by atomic mass is 35.5. The number of aliphatic carboxylic acids is 2. The number of hydrogen-bond donors (Lipinski definition) is 5. The molecule has 4 aromatic rings. The van der Waals surface area contributed by atoms with Crippen molar-refractivity contribution >= 4 is 41.5 Å². The van der Waals surface area contributed by atoms with Gasteiger partial charge in [-0.25, -0.2) is 18.6 Å². The Kier molecular flexibility index (Phi) is 13.0. The Hall–Kier alpha value is -6.33. The first-order valence-corrected chi connectivity index (χ1v) is 19.8. The Bertz CT molecular complexity index is 2410. The summed E-state index contributed by atoms with van der Waals surface area (Å²) in [5.41, 5.74) is -6.27. The molecular formula is C39H40ClF7N10O7. The molecule has 344 valence electrons. The molecule has 0 bridgehead atoms. The van der Waals surface area contributed by atoms with E-state index in [0.717, 1.165) is 33.0 Å². The summed E-state index contributed by atoms with van der Waals surface area (Å²) in [5, 5.41) is 49.9. The van der Waals surface area contributed by atoms with Crippen LogP contribution in [0.1, 0.15) is 88.6 Å². The van der Waals surface area contributed by atoms with E-state index in [9.17, 15) is 50.2 Å². The summed E-state index contributed by atoms with van der Waals surface area (Å²) >= 11 is 6.40. The minimum absolute atomic E-state index is 0.00678. The summed E-state index contributed by atoms with van der Waals surface area (Å²) < 4.78 is 101. The lowest BCUT2D eigenvalue weighted by atomic mass is 9.74. The fourth-order valence-corrected chi connectivity index (χ4v) is 7.53. The van der Waals surface area contributed by atoms with Crippen LogP contribution in [-0.2, 0) is 19.9 Å². The lowest BCUT2D eigenvalue weighted by Crippen LogP contribution is -2.52. The molecule has 64 heavy (non-hydrogen) atoms. The molecule has 2 saturated carbocycles. The number of benzene rings is 2. The zero-order chi connectivity index (χ0) is 47.1. The van der Waals surface area contributed by atoms with Gasteiger partial charge in [-0.15, -0.1) is 0 Å². The van der Waals surface area contributed by atoms with E-state index < -0.39 is 90.4 Å². The molecule has 2 atom stereocenters. The van der Waals surface area contributed by atoms with Crippen molar-refractivity contribution < 1.29 is 65.2 Å². The van der Waals surface area contributed by atoms with Gasteiger partial charge in [0.1, 0.15) is 23.1 Å². The molecule has 3 heterocycles. The topological polar surface area (TPSA) is 233 Å². The van der Waals surface area contributed by atoms with Crippen molar-refractivity contribution in [1.82, 2.24) is 44.9 Å². The fraction of sp³-hybridized carbons (Fsp3) is 0.462. The molecule has 0 radical (unpaired) electrons. The van der Waals surface area contributed by atoms with E-state index in [-0.39, 0.29) is 58.1 Å². The third-order valence-corrected chi connectivity index (χ3v) is 11.5. The number of halogens is 8. The number of rotatable bonds is 16. The van der Waals surface area contributed by atoms with Crippen LogP contribution in [0.15, 0.2) is 55.0 Å². The van der Waals surface area contributed by atoms with Crippen LogP contribution in [0.4, 0.5) is 35.5 Å². The first-order valence-electron chi connectivity index (χ1n) is 19.4. The van der Waals surface area contributed by atoms with Gasteiger partial charge in [-0.2, -0.15) is 46.7 Å². The third kappa shape index (κ3) is 9.45. The molecule has 2 aromatic carbocycles. The number of carboxylic acid groups (broad SMARTS) is 3. The van der Waals surface area contributed by atoms with Gasteiger partial charge in [0.25, 0.3) is 12.3 Å². The number of carbonyl (C=O) groups is 4. The van der Waals surface area contributed by atoms with Crippen LogP contribution in [-0.4, -0.2) is 109 Å². The Morgan fingerprint density at radius 3 is 2.12 bits per heavy atom. The van der Waals surface area contributed by atoms with E-state index in [4.69, 9.17) is 27.2 Å². The van der Waals surface area contributed by atoms with E-state index >= 15 is 4.79 Å². The number of hydrogen-bond acceptors (Lipinski definition) is 9. The molecule has 2 amide bonds. The van der Waals surface area contributed by atoms with Gasteiger partial charge in [-0.05, 0) is 55.4 Å². The van der Waals surface area contributed by atoms with Crippen LogP contribution >= 0.6 is 11.6 Å². The molecule has 1 aliphatic heterocycles. The van der Waals surface area contributed by atoms with Crippen molar-refractivity contribution in [1.29, 1.82) is 5.41 Å². The van der Waals surface area contributed by atoms with E-state index in [0.29, 0.717) is 21.1 Å². The van der Waals surface area contributed by atoms with E-state index in [1.165, 1.54) is 48.7 Å². The summed E-state index contributed by atoms with van der Waals surface area (Å²) in [5.74, 6) is -4.49. The quantitative estimate of drug-likeness (QED) is 0.0685. The van der Waals surface area contributed by atoms with Gasteiger partial charge in [0.05, 0.1) is 41.6 Å². The predicted molar refractivity (Wildman–Crippen MR) is 209 cm³/mol. The van der Waals surface area contributed by atoms with E-state index in [2.05, 4.69) is 25.6 Å². The van der Waals surface area contributed by atoms with Crippen LogP contribution < -0.4 is 5.32 Å². The van der Waals surface area contributed by atoms with Crippen molar-refractivity contribution in [2.45, 2.75) is 101 Å². The van der Waals surface area contributed by atoms with Crippen LogP contribution in [0.2, 0.25) is 5.02 Å². The Morgan fingerprint density at radius 1 is 0.984 bits per heavy atom. The zero-order valence-electron chi connectivity index (χ0n) is 33.7. The number of carbonyl (C=O) groups excluding carboxylic acids is 1. The average molecular weight is 929 g/mol. The van der Waals surface area contributed by atoms with Gasteiger partial charge in [0.2, 0.25) is 0 Å². The normalized spacial score (nSPS) is 18.7. The van der Waals surface area contributed by atoms with E-state index in [1.807, 2.05) is 0 Å². The van der Waals surface area contributed by atoms with Gasteiger partial charge in [-0.3, -0.25) is 29.6 Å². The van der Waals surface area contributed by atoms with Crippen molar-refractivity contribution in [2.24, 2.45) is 5.41 Å². The fourth-order valence-electron chi connectivity index (χ4n) is 7.33. The van der Waals surface area contributed by atoms with Crippen LogP contribution in [0, 0.1) is 10.8 Å². The minimum atomic E-state index is -4.86. The predicted octanol–water partition coefficient (Wildman–Crippen LogP) is 7.58. The third-order valence-electron chi connectivity index (χ3n) is 11.2. The SMILES string of the molecule is CC(C)(C[C@]1(c2ccc(-c3cnn(C4CC4)n3)cc2)NC(=N)N([C@H](CN(C(=O)O)C2(C(F)F)CC2)c2ccc(Cl)c(-c3ncnn3C(F)F)c2)C1=O)C(F)(F)F.O=C(O)CCC(=O)O. The summed E-state index contributed by atoms with van der Waals surface area (Å²) in [6.45, 7) is -2.31. The lowest BCUT2D eigenvalue weighted by molar-refractivity contribution is -0.218. The van der Waals surface area contributed by atoms with Crippen molar-refractivity contribution in [3.05, 3.63) is 71.1 Å². The number of aromatic nitrogens is 6. The van der Waals surface area contributed by atoms with Gasteiger partial charge in [-0.1, -0.05) is 55.8 Å². The molecule has 2 aromatic heterocycles. The molecule has 2 aliphatic carbocycles. The molecule has 17 nitrogen and oxygen atoms in total. The average Bonchev–Trinajstić information content (AvgIpc) is 4.10. The van der Waals surface area contributed by atoms with Gasteiger partial charge in [0.15, 0.2) is 11.8 Å². The number of amides is 2. The Balaban J connectivity index is 0.000000776. The largest absolute Gasteiger partial charge is 0.481 e. The van der Waals surface area contributed by atoms with E-state index in [1.54, 1.807) is 4.80 Å². The number of alkyl halides is 7. The summed E-state index contributed by atoms with van der Waals surface area (Å²) in [6.07, 6.45) is -7.63. The second-order valence-corrected chi connectivity index (χ2v) is 16.5. The molecule has 0 spiro atoms. The molecule has 7 rings (SSSR count). The number of carboxylic acids is 2. The second kappa shape index (κ2) is 17.7. The second-order valence-electron chi connectivity index (χ2n) is 16.1. The van der Waals surface area contributed by atoms with Gasteiger partial charge < -0.3 is 20.6 Å². The maximum absolute atomic E-state index is 15.0. The van der Waals surface area contributed by atoms with Crippen molar-refractivity contribution in [3.8, 4) is 22.6 Å². The summed E-state index contributed by atoms with van der Waals surface area (Å²) in [4.78, 5) is 53.6. The van der Waals surface area contributed by atoms with Crippen molar-refractivity contribution in [3.63, 3.8) is 0 Å². The smallest absolute Gasteiger partial charge is 0.408 e.